The molecule has 6 aliphatic rings. The Morgan fingerprint density at radius 1 is 0.867 bits per heavy atom. The van der Waals surface area contributed by atoms with Gasteiger partial charge in [0.05, 0.1) is 12.2 Å². The maximum atomic E-state index is 6.50. The standard InChI is InChI=1S/C28H40OS/c1-15(2)23-10-18-9-19(26(23)11-18)7-17(4)25-13-21-12-20(28(25)29-21)8-16(3)24-14-22-5-6-27(24)30-22/h5-6,9,12,15-18,21-28H,7-8,10-11,13-14H2,1-4H3. The Balaban J connectivity index is 1.09. The Morgan fingerprint density at radius 2 is 1.67 bits per heavy atom. The first-order valence-corrected chi connectivity index (χ1v) is 13.8. The number of rotatable bonds is 7. The summed E-state index contributed by atoms with van der Waals surface area (Å²) in [5.41, 5.74) is 3.49. The van der Waals surface area contributed by atoms with Crippen molar-refractivity contribution in [2.75, 3.05) is 0 Å². The fourth-order valence-electron chi connectivity index (χ4n) is 8.22. The summed E-state index contributed by atoms with van der Waals surface area (Å²) in [5, 5.41) is 1.60. The van der Waals surface area contributed by atoms with Crippen molar-refractivity contribution in [3.05, 3.63) is 35.5 Å². The van der Waals surface area contributed by atoms with Crippen molar-refractivity contribution in [3.8, 4) is 0 Å². The SMILES string of the molecule is CC(C)C1CC2C=C(CC(C)C3CC4C=C(CC(C)C5CC6C=CC5S6)C3O4)C1C2. The molecule has 0 amide bonds. The molecule has 1 nitrogen and oxygen atoms in total. The van der Waals surface area contributed by atoms with Crippen molar-refractivity contribution in [2.24, 2.45) is 47.3 Å². The molecule has 0 aromatic rings. The third-order valence-electron chi connectivity index (χ3n) is 9.76. The minimum atomic E-state index is 0.413. The van der Waals surface area contributed by atoms with Crippen LogP contribution < -0.4 is 0 Å². The molecule has 2 aliphatic carbocycles. The molecular formula is C28H40OS. The van der Waals surface area contributed by atoms with Gasteiger partial charge in [-0.1, -0.05) is 57.6 Å². The third-order valence-corrected chi connectivity index (χ3v) is 11.3. The predicted molar refractivity (Wildman–Crippen MR) is 127 cm³/mol. The molecule has 11 atom stereocenters. The van der Waals surface area contributed by atoms with Gasteiger partial charge in [0.1, 0.15) is 0 Å². The van der Waals surface area contributed by atoms with Crippen LogP contribution >= 0.6 is 11.8 Å². The number of fused-ring (bicyclic) bond motifs is 6. The molecule has 4 heterocycles. The minimum Gasteiger partial charge on any atom is -0.366 e. The summed E-state index contributed by atoms with van der Waals surface area (Å²) in [5.74, 6) is 6.77. The minimum absolute atomic E-state index is 0.413. The highest BCUT2D eigenvalue weighted by Gasteiger charge is 2.47. The van der Waals surface area contributed by atoms with Crippen molar-refractivity contribution in [1.29, 1.82) is 0 Å². The first-order chi connectivity index (χ1) is 14.5. The summed E-state index contributed by atoms with van der Waals surface area (Å²) in [7, 11) is 0. The lowest BCUT2D eigenvalue weighted by Gasteiger charge is -2.33. The summed E-state index contributed by atoms with van der Waals surface area (Å²) >= 11 is 2.20. The quantitative estimate of drug-likeness (QED) is 0.405. The van der Waals surface area contributed by atoms with E-state index < -0.39 is 0 Å². The molecule has 6 bridgehead atoms. The highest BCUT2D eigenvalue weighted by Crippen LogP contribution is 2.54. The van der Waals surface area contributed by atoms with Crippen LogP contribution in [0.25, 0.3) is 0 Å². The van der Waals surface area contributed by atoms with E-state index in [2.05, 4.69) is 63.8 Å². The monoisotopic (exact) mass is 424 g/mol. The zero-order valence-electron chi connectivity index (χ0n) is 19.3. The van der Waals surface area contributed by atoms with Crippen LogP contribution in [0, 0.1) is 47.3 Å². The average molecular weight is 425 g/mol. The van der Waals surface area contributed by atoms with Crippen LogP contribution in [0.4, 0.5) is 0 Å². The van der Waals surface area contributed by atoms with Gasteiger partial charge in [0.2, 0.25) is 0 Å². The van der Waals surface area contributed by atoms with E-state index in [4.69, 9.17) is 4.74 Å². The number of allylic oxidation sites excluding steroid dienone is 2. The molecule has 4 aliphatic heterocycles. The molecule has 30 heavy (non-hydrogen) atoms. The van der Waals surface area contributed by atoms with Crippen LogP contribution in [-0.4, -0.2) is 22.7 Å². The first kappa shape index (κ1) is 20.2. The van der Waals surface area contributed by atoms with E-state index >= 15 is 0 Å². The average Bonchev–Trinajstić information content (AvgIpc) is 3.54. The molecule has 0 aromatic carbocycles. The lowest BCUT2D eigenvalue weighted by Crippen LogP contribution is -2.29. The van der Waals surface area contributed by atoms with E-state index in [0.717, 1.165) is 57.8 Å². The van der Waals surface area contributed by atoms with Gasteiger partial charge in [-0.2, -0.15) is 0 Å². The Kier molecular flexibility index (Phi) is 5.07. The summed E-state index contributed by atoms with van der Waals surface area (Å²) < 4.78 is 6.50. The fourth-order valence-corrected chi connectivity index (χ4v) is 9.90. The van der Waals surface area contributed by atoms with Crippen molar-refractivity contribution in [1.82, 2.24) is 0 Å². The number of thioether (sulfide) groups is 1. The second-order valence-corrected chi connectivity index (χ2v) is 13.4. The van der Waals surface area contributed by atoms with Crippen LogP contribution in [0.15, 0.2) is 35.5 Å². The van der Waals surface area contributed by atoms with Gasteiger partial charge in [0.25, 0.3) is 0 Å². The largest absolute Gasteiger partial charge is 0.366 e. The van der Waals surface area contributed by atoms with Crippen LogP contribution in [0.5, 0.6) is 0 Å². The van der Waals surface area contributed by atoms with Crippen LogP contribution in [0.2, 0.25) is 0 Å². The maximum absolute atomic E-state index is 6.50. The highest BCUT2D eigenvalue weighted by molar-refractivity contribution is 8.01. The molecule has 0 radical (unpaired) electrons. The zero-order valence-corrected chi connectivity index (χ0v) is 20.1. The number of ether oxygens (including phenoxy) is 1. The van der Waals surface area contributed by atoms with E-state index in [1.165, 1.54) is 38.5 Å². The van der Waals surface area contributed by atoms with Gasteiger partial charge < -0.3 is 4.74 Å². The Morgan fingerprint density at radius 3 is 2.33 bits per heavy atom. The van der Waals surface area contributed by atoms with Crippen LogP contribution in [-0.2, 0) is 4.74 Å². The normalized spacial score (nSPS) is 47.4. The third kappa shape index (κ3) is 3.31. The van der Waals surface area contributed by atoms with Gasteiger partial charge in [-0.3, -0.25) is 0 Å². The molecule has 1 saturated carbocycles. The van der Waals surface area contributed by atoms with Crippen molar-refractivity contribution >= 4 is 11.8 Å². The Hall–Kier alpha value is -0.470. The highest BCUT2D eigenvalue weighted by atomic mass is 32.2. The molecule has 0 aromatic heterocycles. The van der Waals surface area contributed by atoms with E-state index in [9.17, 15) is 0 Å². The Labute approximate surface area is 188 Å². The molecule has 2 heteroatoms. The maximum Gasteiger partial charge on any atom is 0.0826 e. The first-order valence-electron chi connectivity index (χ1n) is 12.9. The fraction of sp³-hybridized carbons (Fsp3) is 0.786. The molecule has 0 N–H and O–H groups in total. The molecule has 3 fully saturated rings. The van der Waals surface area contributed by atoms with Gasteiger partial charge in [0.15, 0.2) is 0 Å². The molecule has 2 saturated heterocycles. The summed E-state index contributed by atoms with van der Waals surface area (Å²) in [4.78, 5) is 0. The van der Waals surface area contributed by atoms with Gasteiger partial charge in [-0.05, 0) is 91.4 Å². The topological polar surface area (TPSA) is 9.23 Å². The number of hydrogen-bond donors (Lipinski definition) is 0. The zero-order chi connectivity index (χ0) is 20.6. The summed E-state index contributed by atoms with van der Waals surface area (Å²) in [6.07, 6.45) is 19.2. The molecule has 6 rings (SSSR count). The molecule has 11 unspecified atom stereocenters. The van der Waals surface area contributed by atoms with E-state index in [1.807, 2.05) is 5.57 Å². The van der Waals surface area contributed by atoms with E-state index in [1.54, 1.807) is 5.57 Å². The van der Waals surface area contributed by atoms with Crippen LogP contribution in [0.3, 0.4) is 0 Å². The second kappa shape index (κ2) is 7.55. The van der Waals surface area contributed by atoms with Gasteiger partial charge >= 0.3 is 0 Å². The lowest BCUT2D eigenvalue weighted by molar-refractivity contribution is 0.0898. The molecule has 0 spiro atoms. The van der Waals surface area contributed by atoms with Gasteiger partial charge in [0, 0.05) is 10.5 Å². The van der Waals surface area contributed by atoms with Crippen molar-refractivity contribution < 1.29 is 4.74 Å². The summed E-state index contributed by atoms with van der Waals surface area (Å²) in [6, 6.07) is 0. The Bertz CT molecular complexity index is 778. The van der Waals surface area contributed by atoms with Crippen molar-refractivity contribution in [2.45, 2.75) is 88.9 Å². The smallest absolute Gasteiger partial charge is 0.0826 e. The van der Waals surface area contributed by atoms with Crippen LogP contribution in [0.1, 0.15) is 66.2 Å². The van der Waals surface area contributed by atoms with E-state index in [0.29, 0.717) is 12.2 Å². The predicted octanol–water partition coefficient (Wildman–Crippen LogP) is 7.05. The summed E-state index contributed by atoms with van der Waals surface area (Å²) in [6.45, 7) is 9.93. The van der Waals surface area contributed by atoms with E-state index in [-0.39, 0.29) is 0 Å². The molecular weight excluding hydrogens is 384 g/mol. The second-order valence-electron chi connectivity index (χ2n) is 12.0. The lowest BCUT2D eigenvalue weighted by atomic mass is 9.72. The van der Waals surface area contributed by atoms with Gasteiger partial charge in [-0.25, -0.2) is 0 Å². The van der Waals surface area contributed by atoms with Gasteiger partial charge in [-0.15, -0.1) is 11.8 Å². The van der Waals surface area contributed by atoms with Crippen molar-refractivity contribution in [3.63, 3.8) is 0 Å². The molecule has 164 valence electrons. The number of hydrogen-bond acceptors (Lipinski definition) is 2.